The normalized spacial score (nSPS) is 15.0. The summed E-state index contributed by atoms with van der Waals surface area (Å²) in [5.41, 5.74) is 1.47. The first-order chi connectivity index (χ1) is 15.5. The van der Waals surface area contributed by atoms with Crippen LogP contribution in [0.3, 0.4) is 0 Å². The number of H-pyrrole nitrogens is 2. The lowest BCUT2D eigenvalue weighted by molar-refractivity contribution is 0.0949. The number of hydrogen-bond acceptors (Lipinski definition) is 8. The fourth-order valence-electron chi connectivity index (χ4n) is 3.18. The molecule has 1 aliphatic carbocycles. The molecule has 4 heterocycles. The minimum absolute atomic E-state index is 0.128. The standard InChI is InChI=1S/C20H19N7O4S/c28-6-5-21-19(30)15-4-3-14(32-15)12-8-16(23-11-1-2-11)27-17(24-12)10(9-22-27)7-13-18(29)26-20(31)25-13/h3-4,7-9,11,28-29H,1-2,5-6H2,(H,21,30)(H2,25,26,31)/b10-7-,23-16?. The van der Waals surface area contributed by atoms with Crippen LogP contribution in [0.4, 0.5) is 0 Å². The second kappa shape index (κ2) is 8.05. The smallest absolute Gasteiger partial charge is 0.326 e. The highest BCUT2D eigenvalue weighted by Gasteiger charge is 2.21. The number of imidazole rings is 1. The third-order valence-electron chi connectivity index (χ3n) is 4.86. The van der Waals surface area contributed by atoms with Gasteiger partial charge in [-0.3, -0.25) is 14.8 Å². The third-order valence-corrected chi connectivity index (χ3v) is 5.96. The summed E-state index contributed by atoms with van der Waals surface area (Å²) in [5.74, 6) is -0.533. The van der Waals surface area contributed by atoms with Crippen molar-refractivity contribution in [2.45, 2.75) is 18.9 Å². The van der Waals surface area contributed by atoms with Crippen molar-refractivity contribution >= 4 is 29.0 Å². The second-order valence-corrected chi connectivity index (χ2v) is 8.41. The van der Waals surface area contributed by atoms with Crippen LogP contribution in [0.1, 0.15) is 28.2 Å². The number of carbonyl (C=O) groups excluding carboxylic acids is 1. The molecule has 0 bridgehead atoms. The number of aromatic nitrogens is 5. The van der Waals surface area contributed by atoms with Crippen molar-refractivity contribution in [3.05, 3.63) is 56.2 Å². The van der Waals surface area contributed by atoms with Gasteiger partial charge in [0, 0.05) is 17.8 Å². The van der Waals surface area contributed by atoms with E-state index in [4.69, 9.17) is 15.1 Å². The van der Waals surface area contributed by atoms with Crippen LogP contribution >= 0.6 is 11.3 Å². The molecule has 1 aliphatic rings. The van der Waals surface area contributed by atoms with E-state index in [1.54, 1.807) is 22.9 Å². The largest absolute Gasteiger partial charge is 0.493 e. The maximum atomic E-state index is 12.2. The zero-order valence-electron chi connectivity index (χ0n) is 16.7. The van der Waals surface area contributed by atoms with Crippen LogP contribution in [0, 0.1) is 0 Å². The summed E-state index contributed by atoms with van der Waals surface area (Å²) in [7, 11) is 0. The number of nitrogens with zero attached hydrogens (tertiary/aromatic N) is 4. The van der Waals surface area contributed by atoms with E-state index >= 15 is 0 Å². The Bertz CT molecular complexity index is 1490. The molecule has 0 radical (unpaired) electrons. The molecule has 1 amide bonds. The van der Waals surface area contributed by atoms with Gasteiger partial charge in [0.15, 0.2) is 11.1 Å². The molecule has 12 heteroatoms. The Kier molecular flexibility index (Phi) is 5.07. The predicted molar refractivity (Wildman–Crippen MR) is 116 cm³/mol. The lowest BCUT2D eigenvalue weighted by atomic mass is 10.3. The molecule has 11 nitrogen and oxygen atoms in total. The molecule has 32 heavy (non-hydrogen) atoms. The SMILES string of the molecule is O=C(NCCO)c1ccc(-c2cc(=NC3CC3)n3nc/c(=C/c4[nH]c(=O)[nH]c4O)c3n2)s1. The molecule has 0 saturated heterocycles. The number of aromatic hydroxyl groups is 1. The van der Waals surface area contributed by atoms with Crippen molar-refractivity contribution < 1.29 is 15.0 Å². The third kappa shape index (κ3) is 3.92. The van der Waals surface area contributed by atoms with E-state index in [1.165, 1.54) is 11.3 Å². The molecule has 1 saturated carbocycles. The van der Waals surface area contributed by atoms with Crippen LogP contribution in [-0.4, -0.2) is 59.9 Å². The van der Waals surface area contributed by atoms with Crippen molar-refractivity contribution in [2.24, 2.45) is 4.99 Å². The van der Waals surface area contributed by atoms with Crippen LogP contribution in [0.15, 0.2) is 34.2 Å². The van der Waals surface area contributed by atoms with Gasteiger partial charge in [0.2, 0.25) is 5.88 Å². The average Bonchev–Trinajstić information content (AvgIpc) is 3.16. The maximum Gasteiger partial charge on any atom is 0.326 e. The van der Waals surface area contributed by atoms with Gasteiger partial charge in [-0.25, -0.2) is 9.78 Å². The Morgan fingerprint density at radius 1 is 1.38 bits per heavy atom. The number of carbonyl (C=O) groups is 1. The van der Waals surface area contributed by atoms with Gasteiger partial charge in [0.25, 0.3) is 5.91 Å². The number of thiophene rings is 1. The van der Waals surface area contributed by atoms with E-state index in [2.05, 4.69) is 20.4 Å². The van der Waals surface area contributed by atoms with Crippen LogP contribution < -0.4 is 21.7 Å². The molecule has 0 aliphatic heterocycles. The monoisotopic (exact) mass is 453 g/mol. The van der Waals surface area contributed by atoms with Gasteiger partial charge in [-0.1, -0.05) is 0 Å². The summed E-state index contributed by atoms with van der Waals surface area (Å²) in [6.07, 6.45) is 5.21. The van der Waals surface area contributed by atoms with Gasteiger partial charge in [-0.2, -0.15) is 9.61 Å². The molecule has 5 rings (SSSR count). The molecule has 4 aromatic rings. The van der Waals surface area contributed by atoms with Gasteiger partial charge < -0.3 is 20.5 Å². The maximum absolute atomic E-state index is 12.2. The number of nitrogens with one attached hydrogen (secondary N) is 3. The lowest BCUT2D eigenvalue weighted by Gasteiger charge is -2.01. The van der Waals surface area contributed by atoms with E-state index in [0.717, 1.165) is 17.7 Å². The summed E-state index contributed by atoms with van der Waals surface area (Å²) >= 11 is 1.28. The number of hydrogen-bond donors (Lipinski definition) is 5. The van der Waals surface area contributed by atoms with E-state index in [1.807, 2.05) is 12.1 Å². The van der Waals surface area contributed by atoms with E-state index in [0.29, 0.717) is 26.9 Å². The Balaban J connectivity index is 1.64. The van der Waals surface area contributed by atoms with Gasteiger partial charge in [-0.15, -0.1) is 11.3 Å². The molecule has 0 unspecified atom stereocenters. The van der Waals surface area contributed by atoms with Crippen molar-refractivity contribution in [3.8, 4) is 16.5 Å². The van der Waals surface area contributed by atoms with Crippen LogP contribution in [0.25, 0.3) is 22.3 Å². The molecular formula is C20H19N7O4S. The second-order valence-electron chi connectivity index (χ2n) is 7.32. The Morgan fingerprint density at radius 3 is 2.94 bits per heavy atom. The fraction of sp³-hybridized carbons (Fsp3) is 0.250. The predicted octanol–water partition coefficient (Wildman–Crippen LogP) is -0.487. The van der Waals surface area contributed by atoms with Crippen LogP contribution in [0.2, 0.25) is 0 Å². The Hall–Kier alpha value is -3.77. The lowest BCUT2D eigenvalue weighted by Crippen LogP contribution is -2.25. The minimum Gasteiger partial charge on any atom is -0.493 e. The summed E-state index contributed by atoms with van der Waals surface area (Å²) < 4.78 is 1.62. The fourth-order valence-corrected chi connectivity index (χ4v) is 4.06. The topological polar surface area (TPSA) is 161 Å². The van der Waals surface area contributed by atoms with Crippen LogP contribution in [0.5, 0.6) is 5.88 Å². The zero-order chi connectivity index (χ0) is 22.2. The van der Waals surface area contributed by atoms with Gasteiger partial charge in [0.05, 0.1) is 34.3 Å². The Labute approximate surface area is 183 Å². The molecule has 4 aromatic heterocycles. The molecule has 0 spiro atoms. The first kappa shape index (κ1) is 20.2. The number of rotatable bonds is 6. The minimum atomic E-state index is -0.520. The molecule has 1 fully saturated rings. The number of aliphatic hydroxyl groups excluding tert-OH is 1. The molecule has 5 N–H and O–H groups in total. The van der Waals surface area contributed by atoms with Crippen molar-refractivity contribution in [3.63, 3.8) is 0 Å². The molecule has 0 aromatic carbocycles. The number of aromatic amines is 2. The van der Waals surface area contributed by atoms with Crippen LogP contribution in [-0.2, 0) is 0 Å². The summed E-state index contributed by atoms with van der Waals surface area (Å²) in [5, 5.41) is 26.4. The van der Waals surface area contributed by atoms with Crippen molar-refractivity contribution in [2.75, 3.05) is 13.2 Å². The molecular weight excluding hydrogens is 434 g/mol. The van der Waals surface area contributed by atoms with E-state index < -0.39 is 5.69 Å². The van der Waals surface area contributed by atoms with Gasteiger partial charge in [-0.05, 0) is 31.1 Å². The van der Waals surface area contributed by atoms with Gasteiger partial charge >= 0.3 is 5.69 Å². The number of amides is 1. The summed E-state index contributed by atoms with van der Waals surface area (Å²) in [4.78, 5) is 39.2. The number of aliphatic hydroxyl groups is 1. The van der Waals surface area contributed by atoms with E-state index in [9.17, 15) is 14.7 Å². The van der Waals surface area contributed by atoms with Gasteiger partial charge in [0.1, 0.15) is 5.69 Å². The summed E-state index contributed by atoms with van der Waals surface area (Å²) in [6.45, 7) is 0.0560. The highest BCUT2D eigenvalue weighted by Crippen LogP contribution is 2.27. The highest BCUT2D eigenvalue weighted by molar-refractivity contribution is 7.17. The zero-order valence-corrected chi connectivity index (χ0v) is 17.5. The highest BCUT2D eigenvalue weighted by atomic mass is 32.1. The molecule has 164 valence electrons. The van der Waals surface area contributed by atoms with E-state index in [-0.39, 0.29) is 36.7 Å². The first-order valence-corrected chi connectivity index (χ1v) is 10.8. The quantitative estimate of drug-likeness (QED) is 0.265. The van der Waals surface area contributed by atoms with Crippen molar-refractivity contribution in [1.29, 1.82) is 0 Å². The summed E-state index contributed by atoms with van der Waals surface area (Å²) in [6, 6.07) is 5.60. The molecule has 0 atom stereocenters. The number of fused-ring (bicyclic) bond motifs is 1. The Morgan fingerprint density at radius 2 is 2.22 bits per heavy atom. The van der Waals surface area contributed by atoms with Crippen molar-refractivity contribution in [1.82, 2.24) is 29.9 Å². The first-order valence-electron chi connectivity index (χ1n) is 9.96. The average molecular weight is 453 g/mol.